The number of anilines is 2. The SMILES string of the molecule is CCOc1ncnc(N(C)CC(=O)NC)c1N. The Morgan fingerprint density at radius 1 is 1.59 bits per heavy atom. The summed E-state index contributed by atoms with van der Waals surface area (Å²) < 4.78 is 5.26. The van der Waals surface area contributed by atoms with E-state index in [2.05, 4.69) is 15.3 Å². The molecule has 0 bridgehead atoms. The van der Waals surface area contributed by atoms with Crippen molar-refractivity contribution in [3.8, 4) is 5.88 Å². The number of carbonyl (C=O) groups is 1. The third-order valence-corrected chi connectivity index (χ3v) is 2.13. The van der Waals surface area contributed by atoms with Crippen LogP contribution in [0, 0.1) is 0 Å². The number of nitrogen functional groups attached to an aromatic ring is 1. The molecule has 7 heteroatoms. The molecule has 0 aliphatic rings. The Labute approximate surface area is 100.0 Å². The Kier molecular flexibility index (Phi) is 4.50. The standard InChI is InChI=1S/C10H17N5O2/c1-4-17-10-8(11)9(13-6-14-10)15(3)5-7(16)12-2/h6H,4-5,11H2,1-3H3,(H,12,16). The normalized spacial score (nSPS) is 9.82. The number of hydrogen-bond acceptors (Lipinski definition) is 6. The van der Waals surface area contributed by atoms with Gasteiger partial charge in [-0.05, 0) is 6.92 Å². The Hall–Kier alpha value is -2.05. The lowest BCUT2D eigenvalue weighted by molar-refractivity contribution is -0.119. The van der Waals surface area contributed by atoms with Gasteiger partial charge < -0.3 is 20.7 Å². The molecule has 1 rings (SSSR count). The number of aromatic nitrogens is 2. The van der Waals surface area contributed by atoms with Crippen molar-refractivity contribution in [2.24, 2.45) is 0 Å². The molecule has 0 fully saturated rings. The zero-order valence-electron chi connectivity index (χ0n) is 10.2. The van der Waals surface area contributed by atoms with Crippen LogP contribution in [0.15, 0.2) is 6.33 Å². The van der Waals surface area contributed by atoms with E-state index in [4.69, 9.17) is 10.5 Å². The minimum absolute atomic E-state index is 0.122. The summed E-state index contributed by atoms with van der Waals surface area (Å²) >= 11 is 0. The number of carbonyl (C=O) groups excluding carboxylic acids is 1. The zero-order chi connectivity index (χ0) is 12.8. The van der Waals surface area contributed by atoms with Gasteiger partial charge in [0.25, 0.3) is 0 Å². The number of hydrogen-bond donors (Lipinski definition) is 2. The second-order valence-corrected chi connectivity index (χ2v) is 3.38. The number of nitrogens with one attached hydrogen (secondary N) is 1. The Morgan fingerprint density at radius 3 is 2.88 bits per heavy atom. The highest BCUT2D eigenvalue weighted by atomic mass is 16.5. The van der Waals surface area contributed by atoms with E-state index in [1.165, 1.54) is 6.33 Å². The average molecular weight is 239 g/mol. The van der Waals surface area contributed by atoms with Crippen molar-refractivity contribution in [3.63, 3.8) is 0 Å². The van der Waals surface area contributed by atoms with Crippen molar-refractivity contribution in [2.75, 3.05) is 37.9 Å². The summed E-state index contributed by atoms with van der Waals surface area (Å²) in [4.78, 5) is 20.8. The third kappa shape index (κ3) is 3.20. The molecule has 0 unspecified atom stereocenters. The molecular weight excluding hydrogens is 222 g/mol. The van der Waals surface area contributed by atoms with Crippen molar-refractivity contribution in [1.29, 1.82) is 0 Å². The molecule has 1 heterocycles. The third-order valence-electron chi connectivity index (χ3n) is 2.13. The van der Waals surface area contributed by atoms with Crippen LogP contribution >= 0.6 is 0 Å². The van der Waals surface area contributed by atoms with Gasteiger partial charge in [0.05, 0.1) is 13.2 Å². The summed E-state index contributed by atoms with van der Waals surface area (Å²) in [6.07, 6.45) is 1.36. The minimum atomic E-state index is -0.122. The molecule has 0 atom stereocenters. The van der Waals surface area contributed by atoms with E-state index < -0.39 is 0 Å². The first-order valence-electron chi connectivity index (χ1n) is 5.25. The van der Waals surface area contributed by atoms with E-state index in [9.17, 15) is 4.79 Å². The lowest BCUT2D eigenvalue weighted by Gasteiger charge is -2.19. The topological polar surface area (TPSA) is 93.4 Å². The molecule has 3 N–H and O–H groups in total. The molecule has 7 nitrogen and oxygen atoms in total. The van der Waals surface area contributed by atoms with Gasteiger partial charge in [-0.15, -0.1) is 0 Å². The van der Waals surface area contributed by atoms with Gasteiger partial charge in [0.2, 0.25) is 11.8 Å². The maximum absolute atomic E-state index is 11.2. The van der Waals surface area contributed by atoms with Crippen LogP contribution in [-0.2, 0) is 4.79 Å². The molecule has 1 aromatic heterocycles. The summed E-state index contributed by atoms with van der Waals surface area (Å²) in [5, 5.41) is 2.53. The van der Waals surface area contributed by atoms with Crippen LogP contribution in [0.1, 0.15) is 6.92 Å². The van der Waals surface area contributed by atoms with Crippen LogP contribution in [0.25, 0.3) is 0 Å². The molecule has 0 aliphatic heterocycles. The van der Waals surface area contributed by atoms with E-state index in [1.54, 1.807) is 19.0 Å². The van der Waals surface area contributed by atoms with Crippen molar-refractivity contribution in [1.82, 2.24) is 15.3 Å². The Balaban J connectivity index is 2.89. The molecule has 1 aromatic rings. The predicted octanol–water partition coefficient (Wildman–Crippen LogP) is -0.360. The molecule has 0 saturated carbocycles. The van der Waals surface area contributed by atoms with E-state index in [-0.39, 0.29) is 12.5 Å². The first-order valence-corrected chi connectivity index (χ1v) is 5.25. The van der Waals surface area contributed by atoms with Crippen molar-refractivity contribution < 1.29 is 9.53 Å². The van der Waals surface area contributed by atoms with Crippen LogP contribution in [0.4, 0.5) is 11.5 Å². The van der Waals surface area contributed by atoms with Gasteiger partial charge in [-0.3, -0.25) is 4.79 Å². The molecule has 0 saturated heterocycles. The first-order chi connectivity index (χ1) is 8.10. The highest BCUT2D eigenvalue weighted by Crippen LogP contribution is 2.26. The maximum atomic E-state index is 11.2. The Bertz CT molecular complexity index is 396. The molecule has 0 aliphatic carbocycles. The van der Waals surface area contributed by atoms with Crippen molar-refractivity contribution in [3.05, 3.63) is 6.33 Å². The van der Waals surface area contributed by atoms with Crippen LogP contribution in [-0.4, -0.2) is 43.1 Å². The molecule has 94 valence electrons. The summed E-state index contributed by atoms with van der Waals surface area (Å²) in [7, 11) is 3.30. The summed E-state index contributed by atoms with van der Waals surface area (Å²) in [5.41, 5.74) is 6.20. The van der Waals surface area contributed by atoms with Gasteiger partial charge in [0.1, 0.15) is 12.0 Å². The second-order valence-electron chi connectivity index (χ2n) is 3.38. The fourth-order valence-corrected chi connectivity index (χ4v) is 1.30. The van der Waals surface area contributed by atoms with Crippen LogP contribution in [0.5, 0.6) is 5.88 Å². The van der Waals surface area contributed by atoms with Crippen molar-refractivity contribution >= 4 is 17.4 Å². The highest BCUT2D eigenvalue weighted by molar-refractivity contribution is 5.82. The number of amides is 1. The molecule has 0 radical (unpaired) electrons. The smallest absolute Gasteiger partial charge is 0.242 e. The molecular formula is C10H17N5O2. The van der Waals surface area contributed by atoms with Gasteiger partial charge in [0.15, 0.2) is 5.82 Å². The summed E-state index contributed by atoms with van der Waals surface area (Å²) in [6, 6.07) is 0. The van der Waals surface area contributed by atoms with Gasteiger partial charge in [-0.1, -0.05) is 0 Å². The number of nitrogens with two attached hydrogens (primary N) is 1. The van der Waals surface area contributed by atoms with Gasteiger partial charge in [0, 0.05) is 14.1 Å². The van der Waals surface area contributed by atoms with Gasteiger partial charge in [-0.2, -0.15) is 4.98 Å². The molecule has 17 heavy (non-hydrogen) atoms. The first kappa shape index (κ1) is 13.0. The monoisotopic (exact) mass is 239 g/mol. The van der Waals surface area contributed by atoms with E-state index in [1.807, 2.05) is 6.92 Å². The highest BCUT2D eigenvalue weighted by Gasteiger charge is 2.14. The predicted molar refractivity (Wildman–Crippen MR) is 65.0 cm³/mol. The van der Waals surface area contributed by atoms with Crippen LogP contribution in [0.3, 0.4) is 0 Å². The van der Waals surface area contributed by atoms with Crippen molar-refractivity contribution in [2.45, 2.75) is 6.92 Å². The second kappa shape index (κ2) is 5.88. The summed E-state index contributed by atoms with van der Waals surface area (Å²) in [6.45, 7) is 2.48. The molecule has 0 aromatic carbocycles. The quantitative estimate of drug-likeness (QED) is 0.729. The van der Waals surface area contributed by atoms with E-state index in [0.29, 0.717) is 24.0 Å². The van der Waals surface area contributed by atoms with Gasteiger partial charge >= 0.3 is 0 Å². The molecule has 0 spiro atoms. The maximum Gasteiger partial charge on any atom is 0.242 e. The lowest BCUT2D eigenvalue weighted by Crippen LogP contribution is -2.33. The number of rotatable bonds is 5. The number of likely N-dealkylation sites (N-methyl/N-ethyl adjacent to an activating group) is 2. The average Bonchev–Trinajstić information content (AvgIpc) is 2.31. The summed E-state index contributed by atoms with van der Waals surface area (Å²) in [5.74, 6) is 0.691. The number of ether oxygens (including phenoxy) is 1. The Morgan fingerprint density at radius 2 is 2.29 bits per heavy atom. The minimum Gasteiger partial charge on any atom is -0.476 e. The molecule has 1 amide bonds. The van der Waals surface area contributed by atoms with E-state index in [0.717, 1.165) is 0 Å². The van der Waals surface area contributed by atoms with E-state index >= 15 is 0 Å². The van der Waals surface area contributed by atoms with Crippen LogP contribution < -0.4 is 20.7 Å². The lowest BCUT2D eigenvalue weighted by atomic mass is 10.4. The largest absolute Gasteiger partial charge is 0.476 e. The zero-order valence-corrected chi connectivity index (χ0v) is 10.2. The fourth-order valence-electron chi connectivity index (χ4n) is 1.30. The van der Waals surface area contributed by atoms with Gasteiger partial charge in [-0.25, -0.2) is 4.98 Å². The fraction of sp³-hybridized carbons (Fsp3) is 0.500. The van der Waals surface area contributed by atoms with Crippen LogP contribution in [0.2, 0.25) is 0 Å². The number of nitrogens with zero attached hydrogens (tertiary/aromatic N) is 3.